The van der Waals surface area contributed by atoms with Crippen LogP contribution in [0.1, 0.15) is 26.7 Å². The van der Waals surface area contributed by atoms with Crippen LogP contribution in [0.2, 0.25) is 0 Å². The summed E-state index contributed by atoms with van der Waals surface area (Å²) in [5, 5.41) is 11.4. The van der Waals surface area contributed by atoms with Gasteiger partial charge in [-0.3, -0.25) is 9.00 Å². The first-order chi connectivity index (χ1) is 7.01. The van der Waals surface area contributed by atoms with Crippen molar-refractivity contribution in [3.63, 3.8) is 0 Å². The highest BCUT2D eigenvalue weighted by Gasteiger charge is 2.17. The van der Waals surface area contributed by atoms with Crippen LogP contribution in [0.3, 0.4) is 0 Å². The van der Waals surface area contributed by atoms with Gasteiger partial charge in [0.05, 0.1) is 6.07 Å². The second kappa shape index (κ2) is 7.41. The zero-order valence-electron chi connectivity index (χ0n) is 9.45. The SMILES string of the molecule is CCC(C#N)C(=O)NC(C)CCS(C)=O. The maximum absolute atomic E-state index is 11.5. The van der Waals surface area contributed by atoms with Crippen LogP contribution in [0.15, 0.2) is 0 Å². The Morgan fingerprint density at radius 3 is 2.60 bits per heavy atom. The first-order valence-corrected chi connectivity index (χ1v) is 6.74. The number of carbonyl (C=O) groups excluding carboxylic acids is 1. The summed E-state index contributed by atoms with van der Waals surface area (Å²) in [6, 6.07) is 1.93. The van der Waals surface area contributed by atoms with E-state index >= 15 is 0 Å². The molecule has 3 atom stereocenters. The molecule has 0 aliphatic carbocycles. The molecule has 5 heteroatoms. The third kappa shape index (κ3) is 6.24. The van der Waals surface area contributed by atoms with Crippen molar-refractivity contribution in [2.45, 2.75) is 32.7 Å². The van der Waals surface area contributed by atoms with Crippen molar-refractivity contribution in [2.75, 3.05) is 12.0 Å². The largest absolute Gasteiger partial charge is 0.352 e. The summed E-state index contributed by atoms with van der Waals surface area (Å²) in [6.07, 6.45) is 2.84. The molecule has 0 heterocycles. The van der Waals surface area contributed by atoms with Crippen LogP contribution in [0, 0.1) is 17.2 Å². The van der Waals surface area contributed by atoms with Gasteiger partial charge in [-0.05, 0) is 19.8 Å². The molecule has 0 bridgehead atoms. The minimum Gasteiger partial charge on any atom is -0.352 e. The summed E-state index contributed by atoms with van der Waals surface area (Å²) in [5.41, 5.74) is 0. The van der Waals surface area contributed by atoms with Gasteiger partial charge in [0.25, 0.3) is 0 Å². The van der Waals surface area contributed by atoms with Gasteiger partial charge in [-0.15, -0.1) is 0 Å². The Kier molecular flexibility index (Phi) is 6.97. The van der Waals surface area contributed by atoms with Crippen molar-refractivity contribution in [3.8, 4) is 6.07 Å². The van der Waals surface area contributed by atoms with Crippen LogP contribution in [0.5, 0.6) is 0 Å². The summed E-state index contributed by atoms with van der Waals surface area (Å²) < 4.78 is 10.8. The highest BCUT2D eigenvalue weighted by atomic mass is 32.2. The van der Waals surface area contributed by atoms with Gasteiger partial charge in [0.1, 0.15) is 5.92 Å². The molecule has 0 aliphatic heterocycles. The average Bonchev–Trinajstić information content (AvgIpc) is 2.16. The lowest BCUT2D eigenvalue weighted by Crippen LogP contribution is -2.37. The minimum atomic E-state index is -0.832. The molecule has 0 fully saturated rings. The molecule has 4 nitrogen and oxygen atoms in total. The van der Waals surface area contributed by atoms with E-state index in [9.17, 15) is 9.00 Å². The number of carbonyl (C=O) groups is 1. The van der Waals surface area contributed by atoms with Gasteiger partial charge in [0.15, 0.2) is 0 Å². The lowest BCUT2D eigenvalue weighted by Gasteiger charge is -2.14. The van der Waals surface area contributed by atoms with Crippen molar-refractivity contribution in [3.05, 3.63) is 0 Å². The van der Waals surface area contributed by atoms with Crippen LogP contribution in [-0.2, 0) is 15.6 Å². The summed E-state index contributed by atoms with van der Waals surface area (Å²) in [7, 11) is -0.832. The lowest BCUT2D eigenvalue weighted by atomic mass is 10.1. The zero-order valence-corrected chi connectivity index (χ0v) is 10.3. The summed E-state index contributed by atoms with van der Waals surface area (Å²) in [5.74, 6) is -0.223. The Bertz CT molecular complexity index is 273. The van der Waals surface area contributed by atoms with E-state index in [1.54, 1.807) is 13.2 Å². The smallest absolute Gasteiger partial charge is 0.237 e. The average molecular weight is 230 g/mol. The van der Waals surface area contributed by atoms with Gasteiger partial charge in [-0.2, -0.15) is 5.26 Å². The van der Waals surface area contributed by atoms with Crippen LogP contribution in [0.4, 0.5) is 0 Å². The van der Waals surface area contributed by atoms with E-state index in [1.807, 2.05) is 13.0 Å². The van der Waals surface area contributed by atoms with Crippen molar-refractivity contribution >= 4 is 16.7 Å². The molecule has 15 heavy (non-hydrogen) atoms. The predicted octanol–water partition coefficient (Wildman–Crippen LogP) is 0.809. The van der Waals surface area contributed by atoms with Crippen molar-refractivity contribution in [1.29, 1.82) is 5.26 Å². The van der Waals surface area contributed by atoms with Crippen LogP contribution >= 0.6 is 0 Å². The minimum absolute atomic E-state index is 0.0243. The normalized spacial score (nSPS) is 16.1. The third-order valence-corrected chi connectivity index (χ3v) is 2.92. The fourth-order valence-corrected chi connectivity index (χ4v) is 1.78. The lowest BCUT2D eigenvalue weighted by molar-refractivity contribution is -0.124. The molecule has 0 aromatic rings. The number of nitrogens with zero attached hydrogens (tertiary/aromatic N) is 1. The van der Waals surface area contributed by atoms with Crippen molar-refractivity contribution < 1.29 is 9.00 Å². The highest BCUT2D eigenvalue weighted by molar-refractivity contribution is 7.84. The number of hydrogen-bond acceptors (Lipinski definition) is 3. The van der Waals surface area contributed by atoms with Gasteiger partial charge in [-0.1, -0.05) is 6.92 Å². The molecule has 0 aliphatic rings. The van der Waals surface area contributed by atoms with Gasteiger partial charge >= 0.3 is 0 Å². The molecule has 0 radical (unpaired) electrons. The van der Waals surface area contributed by atoms with E-state index in [-0.39, 0.29) is 11.9 Å². The third-order valence-electron chi connectivity index (χ3n) is 2.11. The number of rotatable bonds is 6. The molecular formula is C10H18N2O2S. The number of nitrogens with one attached hydrogen (secondary N) is 1. The topological polar surface area (TPSA) is 70.0 Å². The van der Waals surface area contributed by atoms with Crippen LogP contribution in [-0.4, -0.2) is 28.2 Å². The highest BCUT2D eigenvalue weighted by Crippen LogP contribution is 2.02. The molecule has 86 valence electrons. The molecule has 1 amide bonds. The van der Waals surface area contributed by atoms with Crippen LogP contribution < -0.4 is 5.32 Å². The summed E-state index contributed by atoms with van der Waals surface area (Å²) in [4.78, 5) is 11.5. The fourth-order valence-electron chi connectivity index (χ4n) is 1.09. The van der Waals surface area contributed by atoms with E-state index < -0.39 is 16.7 Å². The van der Waals surface area contributed by atoms with Crippen molar-refractivity contribution in [2.24, 2.45) is 5.92 Å². The predicted molar refractivity (Wildman–Crippen MR) is 60.5 cm³/mol. The molecule has 0 rings (SSSR count). The van der Waals surface area contributed by atoms with Gasteiger partial charge < -0.3 is 5.32 Å². The van der Waals surface area contributed by atoms with Crippen LogP contribution in [0.25, 0.3) is 0 Å². The molecule has 1 N–H and O–H groups in total. The van der Waals surface area contributed by atoms with E-state index in [0.29, 0.717) is 18.6 Å². The second-order valence-electron chi connectivity index (χ2n) is 3.57. The molecule has 0 aromatic heterocycles. The molecular weight excluding hydrogens is 212 g/mol. The van der Waals surface area contributed by atoms with E-state index in [1.165, 1.54) is 0 Å². The Balaban J connectivity index is 3.96. The maximum Gasteiger partial charge on any atom is 0.237 e. The Hall–Kier alpha value is -0.890. The summed E-state index contributed by atoms with van der Waals surface area (Å²) >= 11 is 0. The fraction of sp³-hybridized carbons (Fsp3) is 0.800. The molecule has 3 unspecified atom stereocenters. The maximum atomic E-state index is 11.5. The Morgan fingerprint density at radius 1 is 1.60 bits per heavy atom. The molecule has 0 saturated carbocycles. The monoisotopic (exact) mass is 230 g/mol. The van der Waals surface area contributed by atoms with Gasteiger partial charge in [0.2, 0.25) is 5.91 Å². The standard InChI is InChI=1S/C10H18N2O2S/c1-4-9(7-11)10(13)12-8(2)5-6-15(3)14/h8-9H,4-6H2,1-3H3,(H,12,13). The van der Waals surface area contributed by atoms with E-state index in [4.69, 9.17) is 5.26 Å². The summed E-state index contributed by atoms with van der Waals surface area (Å²) in [6.45, 7) is 3.66. The second-order valence-corrected chi connectivity index (χ2v) is 5.12. The van der Waals surface area contributed by atoms with Gasteiger partial charge in [0, 0.05) is 28.9 Å². The molecule has 0 aromatic carbocycles. The first-order valence-electron chi connectivity index (χ1n) is 5.01. The molecule has 0 saturated heterocycles. The Morgan fingerprint density at radius 2 is 2.20 bits per heavy atom. The quantitative estimate of drug-likeness (QED) is 0.734. The zero-order chi connectivity index (χ0) is 11.8. The number of nitriles is 1. The first kappa shape index (κ1) is 14.1. The number of amides is 1. The van der Waals surface area contributed by atoms with Crippen molar-refractivity contribution in [1.82, 2.24) is 5.32 Å². The van der Waals surface area contributed by atoms with Gasteiger partial charge in [-0.25, -0.2) is 0 Å². The molecule has 0 spiro atoms. The number of hydrogen-bond donors (Lipinski definition) is 1. The van der Waals surface area contributed by atoms with E-state index in [2.05, 4.69) is 5.32 Å². The Labute approximate surface area is 93.5 Å². The van der Waals surface area contributed by atoms with E-state index in [0.717, 1.165) is 0 Å².